The number of carbonyl (C=O) groups is 1. The molecule has 1 aromatic rings. The largest absolute Gasteiger partial charge is 0.447 e. The molecular formula is C16H22F2N2O4S. The number of hydrogen-bond donors (Lipinski definition) is 1. The molecule has 2 rings (SSSR count). The number of ether oxygens (including phenoxy) is 1. The zero-order valence-electron chi connectivity index (χ0n) is 14.1. The Balaban J connectivity index is 2.03. The van der Waals surface area contributed by atoms with Gasteiger partial charge in [0.05, 0.1) is 16.7 Å². The van der Waals surface area contributed by atoms with Crippen LogP contribution < -0.4 is 5.32 Å². The van der Waals surface area contributed by atoms with Crippen molar-refractivity contribution in [2.45, 2.75) is 49.5 Å². The van der Waals surface area contributed by atoms with E-state index in [0.29, 0.717) is 25.9 Å². The molecule has 1 saturated heterocycles. The van der Waals surface area contributed by atoms with Gasteiger partial charge in [-0.25, -0.2) is 13.2 Å². The van der Waals surface area contributed by atoms with Gasteiger partial charge in [-0.1, -0.05) is 12.1 Å². The molecule has 0 aliphatic carbocycles. The standard InChI is InChI=1S/C16H22F2N2O4S/c1-11(2)24-16(21)20-9-7-12(8-10-20)19-13-5-3-4-6-14(13)25(22,23)15(17)18/h3-6,11-12,15,19H,7-10H2,1-2H3. The van der Waals surface area contributed by atoms with Crippen LogP contribution in [0.1, 0.15) is 26.7 Å². The van der Waals surface area contributed by atoms with Crippen LogP contribution in [0, 0.1) is 0 Å². The van der Waals surface area contributed by atoms with Gasteiger partial charge < -0.3 is 15.0 Å². The van der Waals surface area contributed by atoms with Gasteiger partial charge in [0.2, 0.25) is 9.84 Å². The van der Waals surface area contributed by atoms with Crippen LogP contribution in [0.25, 0.3) is 0 Å². The van der Waals surface area contributed by atoms with Crippen LogP contribution in [-0.2, 0) is 14.6 Å². The molecule has 25 heavy (non-hydrogen) atoms. The van der Waals surface area contributed by atoms with Crippen molar-refractivity contribution < 1.29 is 26.7 Å². The number of alkyl halides is 2. The lowest BCUT2D eigenvalue weighted by Crippen LogP contribution is -2.43. The van der Waals surface area contributed by atoms with Crippen molar-refractivity contribution in [3.63, 3.8) is 0 Å². The first-order valence-corrected chi connectivity index (χ1v) is 9.59. The quantitative estimate of drug-likeness (QED) is 0.855. The lowest BCUT2D eigenvalue weighted by atomic mass is 10.1. The Bertz CT molecular complexity index is 702. The van der Waals surface area contributed by atoms with Gasteiger partial charge in [-0.2, -0.15) is 8.78 Å². The summed E-state index contributed by atoms with van der Waals surface area (Å²) >= 11 is 0. The molecule has 0 radical (unpaired) electrons. The van der Waals surface area contributed by atoms with Crippen molar-refractivity contribution >= 4 is 21.6 Å². The van der Waals surface area contributed by atoms with Gasteiger partial charge in [0.25, 0.3) is 0 Å². The second kappa shape index (κ2) is 7.99. The van der Waals surface area contributed by atoms with Gasteiger partial charge in [0.15, 0.2) is 0 Å². The molecule has 1 fully saturated rings. The van der Waals surface area contributed by atoms with Crippen LogP contribution >= 0.6 is 0 Å². The van der Waals surface area contributed by atoms with Crippen molar-refractivity contribution in [2.24, 2.45) is 0 Å². The number of likely N-dealkylation sites (tertiary alicyclic amines) is 1. The highest BCUT2D eigenvalue weighted by atomic mass is 32.2. The number of hydrogen-bond acceptors (Lipinski definition) is 5. The number of nitrogens with one attached hydrogen (secondary N) is 1. The minimum atomic E-state index is -4.68. The average Bonchev–Trinajstić information content (AvgIpc) is 2.55. The second-order valence-electron chi connectivity index (χ2n) is 6.14. The van der Waals surface area contributed by atoms with Gasteiger partial charge >= 0.3 is 11.9 Å². The molecule has 0 aromatic heterocycles. The number of amides is 1. The molecule has 6 nitrogen and oxygen atoms in total. The Morgan fingerprint density at radius 1 is 1.24 bits per heavy atom. The first-order chi connectivity index (χ1) is 11.7. The van der Waals surface area contributed by atoms with E-state index in [0.717, 1.165) is 0 Å². The van der Waals surface area contributed by atoms with E-state index >= 15 is 0 Å². The first-order valence-electron chi connectivity index (χ1n) is 8.05. The zero-order chi connectivity index (χ0) is 18.6. The topological polar surface area (TPSA) is 75.7 Å². The summed E-state index contributed by atoms with van der Waals surface area (Å²) in [5, 5.41) is 3.02. The molecule has 0 unspecified atom stereocenters. The Labute approximate surface area is 146 Å². The summed E-state index contributed by atoms with van der Waals surface area (Å²) in [6.45, 7) is 4.44. The number of piperidine rings is 1. The Morgan fingerprint density at radius 2 is 1.84 bits per heavy atom. The summed E-state index contributed by atoms with van der Waals surface area (Å²) in [5.41, 5.74) is 0.158. The van der Waals surface area contributed by atoms with E-state index in [-0.39, 0.29) is 23.9 Å². The number of carbonyl (C=O) groups excluding carboxylic acids is 1. The van der Waals surface area contributed by atoms with Gasteiger partial charge in [-0.3, -0.25) is 0 Å². The summed E-state index contributed by atoms with van der Waals surface area (Å²) in [6.07, 6.45) is 0.552. The summed E-state index contributed by atoms with van der Waals surface area (Å²) in [7, 11) is -4.68. The number of rotatable bonds is 5. The van der Waals surface area contributed by atoms with Gasteiger partial charge in [0.1, 0.15) is 0 Å². The predicted molar refractivity (Wildman–Crippen MR) is 89.5 cm³/mol. The van der Waals surface area contributed by atoms with Crippen LogP contribution in [0.4, 0.5) is 19.3 Å². The summed E-state index contributed by atoms with van der Waals surface area (Å²) in [4.78, 5) is 13.0. The molecule has 1 aliphatic heterocycles. The van der Waals surface area contributed by atoms with E-state index in [1.54, 1.807) is 24.8 Å². The lowest BCUT2D eigenvalue weighted by Gasteiger charge is -2.33. The molecule has 1 heterocycles. The van der Waals surface area contributed by atoms with Crippen molar-refractivity contribution in [1.82, 2.24) is 4.90 Å². The van der Waals surface area contributed by atoms with Crippen molar-refractivity contribution in [3.05, 3.63) is 24.3 Å². The molecule has 0 spiro atoms. The third-order valence-electron chi connectivity index (χ3n) is 3.88. The van der Waals surface area contributed by atoms with Crippen molar-refractivity contribution in [1.29, 1.82) is 0 Å². The molecule has 9 heteroatoms. The fourth-order valence-corrected chi connectivity index (χ4v) is 3.53. The summed E-state index contributed by atoms with van der Waals surface area (Å²) in [6, 6.07) is 5.51. The highest BCUT2D eigenvalue weighted by Gasteiger charge is 2.30. The van der Waals surface area contributed by atoms with E-state index < -0.39 is 20.5 Å². The van der Waals surface area contributed by atoms with E-state index in [2.05, 4.69) is 5.32 Å². The van der Waals surface area contributed by atoms with E-state index in [1.807, 2.05) is 0 Å². The molecule has 0 atom stereocenters. The first kappa shape index (κ1) is 19.4. The van der Waals surface area contributed by atoms with E-state index in [1.165, 1.54) is 18.2 Å². The predicted octanol–water partition coefficient (Wildman–Crippen LogP) is 3.10. The van der Waals surface area contributed by atoms with Gasteiger partial charge in [0, 0.05) is 19.1 Å². The minimum Gasteiger partial charge on any atom is -0.447 e. The Kier molecular flexibility index (Phi) is 6.21. The SMILES string of the molecule is CC(C)OC(=O)N1CCC(Nc2ccccc2S(=O)(=O)C(F)F)CC1. The minimum absolute atomic E-state index is 0.114. The van der Waals surface area contributed by atoms with E-state index in [4.69, 9.17) is 4.74 Å². The number of sulfone groups is 1. The number of benzene rings is 1. The third-order valence-corrected chi connectivity index (χ3v) is 5.32. The third kappa shape index (κ3) is 4.81. The van der Waals surface area contributed by atoms with Crippen molar-refractivity contribution in [3.8, 4) is 0 Å². The van der Waals surface area contributed by atoms with Crippen LogP contribution in [0.3, 0.4) is 0 Å². The monoisotopic (exact) mass is 376 g/mol. The fourth-order valence-electron chi connectivity index (χ4n) is 2.63. The Hall–Kier alpha value is -1.90. The Morgan fingerprint density at radius 3 is 2.40 bits per heavy atom. The van der Waals surface area contributed by atoms with Crippen LogP contribution in [0.2, 0.25) is 0 Å². The zero-order valence-corrected chi connectivity index (χ0v) is 14.9. The van der Waals surface area contributed by atoms with Crippen LogP contribution in [-0.4, -0.2) is 50.4 Å². The fraction of sp³-hybridized carbons (Fsp3) is 0.562. The lowest BCUT2D eigenvalue weighted by molar-refractivity contribution is 0.0701. The number of anilines is 1. The molecule has 0 bridgehead atoms. The highest BCUT2D eigenvalue weighted by Crippen LogP contribution is 2.28. The van der Waals surface area contributed by atoms with E-state index in [9.17, 15) is 22.0 Å². The van der Waals surface area contributed by atoms with Gasteiger partial charge in [-0.05, 0) is 38.8 Å². The van der Waals surface area contributed by atoms with Gasteiger partial charge in [-0.15, -0.1) is 0 Å². The molecule has 1 aliphatic rings. The maximum absolute atomic E-state index is 12.8. The maximum atomic E-state index is 12.8. The molecule has 1 aromatic carbocycles. The smallest absolute Gasteiger partial charge is 0.410 e. The van der Waals surface area contributed by atoms with Crippen LogP contribution in [0.15, 0.2) is 29.2 Å². The molecule has 0 saturated carbocycles. The molecular weight excluding hydrogens is 354 g/mol. The molecule has 1 amide bonds. The highest BCUT2D eigenvalue weighted by molar-refractivity contribution is 7.91. The van der Waals surface area contributed by atoms with Crippen LogP contribution in [0.5, 0.6) is 0 Å². The second-order valence-corrected chi connectivity index (χ2v) is 8.03. The molecule has 140 valence electrons. The number of halogens is 2. The van der Waals surface area contributed by atoms with Crippen molar-refractivity contribution in [2.75, 3.05) is 18.4 Å². The average molecular weight is 376 g/mol. The number of nitrogens with zero attached hydrogens (tertiary/aromatic N) is 1. The summed E-state index contributed by atoms with van der Waals surface area (Å²) < 4.78 is 54.4. The normalized spacial score (nSPS) is 16.3. The maximum Gasteiger partial charge on any atom is 0.410 e. The number of para-hydroxylation sites is 1. The molecule has 1 N–H and O–H groups in total. The summed E-state index contributed by atoms with van der Waals surface area (Å²) in [5.74, 6) is -3.47.